The van der Waals surface area contributed by atoms with Gasteiger partial charge in [-0.2, -0.15) is 5.10 Å². The minimum absolute atomic E-state index is 0.356. The molecule has 1 saturated heterocycles. The van der Waals surface area contributed by atoms with Crippen molar-refractivity contribution in [2.75, 3.05) is 19.8 Å². The third-order valence-corrected chi connectivity index (χ3v) is 3.67. The fourth-order valence-corrected chi connectivity index (χ4v) is 2.52. The number of nitrogens with two attached hydrogens (primary N) is 1. The monoisotopic (exact) mass is 239 g/mol. The van der Waals surface area contributed by atoms with E-state index in [0.717, 1.165) is 31.7 Å². The molecule has 5 nitrogen and oxygen atoms in total. The predicted molar refractivity (Wildman–Crippen MR) is 64.4 cm³/mol. The van der Waals surface area contributed by atoms with E-state index in [4.69, 9.17) is 10.5 Å². The first-order valence-corrected chi connectivity index (χ1v) is 6.21. The van der Waals surface area contributed by atoms with Crippen LogP contribution in [0.2, 0.25) is 0 Å². The summed E-state index contributed by atoms with van der Waals surface area (Å²) in [4.78, 5) is 0. The van der Waals surface area contributed by atoms with Crippen LogP contribution in [0.5, 0.6) is 0 Å². The van der Waals surface area contributed by atoms with Crippen molar-refractivity contribution in [3.05, 3.63) is 18.0 Å². The molecule has 0 bridgehead atoms. The van der Waals surface area contributed by atoms with E-state index in [0.29, 0.717) is 13.2 Å². The van der Waals surface area contributed by atoms with Crippen LogP contribution in [0.1, 0.15) is 31.6 Å². The molecule has 0 saturated carbocycles. The molecule has 2 atom stereocenters. The van der Waals surface area contributed by atoms with E-state index < -0.39 is 6.10 Å². The molecule has 0 spiro atoms. The maximum atomic E-state index is 10.6. The minimum Gasteiger partial charge on any atom is -0.386 e. The molecule has 0 amide bonds. The van der Waals surface area contributed by atoms with Crippen LogP contribution in [0.15, 0.2) is 12.3 Å². The summed E-state index contributed by atoms with van der Waals surface area (Å²) in [6.45, 7) is 4.49. The molecule has 2 unspecified atom stereocenters. The van der Waals surface area contributed by atoms with Gasteiger partial charge in [-0.05, 0) is 25.8 Å². The lowest BCUT2D eigenvalue weighted by Gasteiger charge is -2.39. The normalized spacial score (nSPS) is 27.0. The smallest absolute Gasteiger partial charge is 0.105 e. The Bertz CT molecular complexity index is 358. The number of aryl methyl sites for hydroxylation is 1. The third-order valence-electron chi connectivity index (χ3n) is 3.67. The highest BCUT2D eigenvalue weighted by atomic mass is 16.5. The van der Waals surface area contributed by atoms with E-state index in [2.05, 4.69) is 5.10 Å². The third kappa shape index (κ3) is 2.22. The van der Waals surface area contributed by atoms with Gasteiger partial charge in [-0.15, -0.1) is 0 Å². The van der Waals surface area contributed by atoms with Gasteiger partial charge in [-0.3, -0.25) is 4.68 Å². The molecule has 2 heterocycles. The van der Waals surface area contributed by atoms with E-state index in [1.165, 1.54) is 0 Å². The quantitative estimate of drug-likeness (QED) is 0.811. The first kappa shape index (κ1) is 12.5. The van der Waals surface area contributed by atoms with Gasteiger partial charge >= 0.3 is 0 Å². The van der Waals surface area contributed by atoms with Crippen molar-refractivity contribution in [2.45, 2.75) is 32.4 Å². The zero-order valence-electron chi connectivity index (χ0n) is 10.3. The van der Waals surface area contributed by atoms with Crippen LogP contribution < -0.4 is 5.73 Å². The lowest BCUT2D eigenvalue weighted by atomic mass is 9.76. The highest BCUT2D eigenvalue weighted by Crippen LogP contribution is 2.39. The zero-order valence-corrected chi connectivity index (χ0v) is 10.3. The van der Waals surface area contributed by atoms with Crippen LogP contribution in [0.25, 0.3) is 0 Å². The Morgan fingerprint density at radius 3 is 3.12 bits per heavy atom. The largest absolute Gasteiger partial charge is 0.386 e. The molecule has 1 aliphatic rings. The number of hydrogen-bond donors (Lipinski definition) is 2. The second-order valence-corrected chi connectivity index (χ2v) is 4.70. The van der Waals surface area contributed by atoms with Crippen molar-refractivity contribution in [3.63, 3.8) is 0 Å². The molecule has 17 heavy (non-hydrogen) atoms. The summed E-state index contributed by atoms with van der Waals surface area (Å²) in [6.07, 6.45) is 2.97. The molecule has 1 aromatic rings. The van der Waals surface area contributed by atoms with E-state index in [1.54, 1.807) is 6.20 Å². The van der Waals surface area contributed by atoms with E-state index in [1.807, 2.05) is 17.7 Å². The summed E-state index contributed by atoms with van der Waals surface area (Å²) in [6, 6.07) is 1.86. The number of rotatable bonds is 4. The maximum Gasteiger partial charge on any atom is 0.105 e. The number of aliphatic hydroxyl groups excluding tert-OH is 1. The highest BCUT2D eigenvalue weighted by molar-refractivity contribution is 5.10. The first-order valence-electron chi connectivity index (χ1n) is 6.21. The lowest BCUT2D eigenvalue weighted by Crippen LogP contribution is -2.44. The number of aliphatic hydroxyl groups is 1. The summed E-state index contributed by atoms with van der Waals surface area (Å²) in [5.74, 6) is 0. The Labute approximate surface area is 102 Å². The van der Waals surface area contributed by atoms with Crippen LogP contribution in [-0.4, -0.2) is 34.6 Å². The summed E-state index contributed by atoms with van der Waals surface area (Å²) in [5.41, 5.74) is 6.35. The second kappa shape index (κ2) is 5.16. The molecular formula is C12H21N3O2. The lowest BCUT2D eigenvalue weighted by molar-refractivity contribution is -0.0810. The van der Waals surface area contributed by atoms with Crippen LogP contribution in [0.3, 0.4) is 0 Å². The van der Waals surface area contributed by atoms with Gasteiger partial charge in [0.1, 0.15) is 6.10 Å². The molecule has 1 fully saturated rings. The van der Waals surface area contributed by atoms with Crippen LogP contribution in [0, 0.1) is 5.41 Å². The van der Waals surface area contributed by atoms with Gasteiger partial charge < -0.3 is 15.6 Å². The van der Waals surface area contributed by atoms with Gasteiger partial charge in [0.15, 0.2) is 0 Å². The SMILES string of the molecule is CCn1nccc1C(O)C1(CN)CCCOC1. The average Bonchev–Trinajstić information content (AvgIpc) is 2.86. The predicted octanol–water partition coefficient (Wildman–Crippen LogP) is 0.692. The Morgan fingerprint density at radius 2 is 2.53 bits per heavy atom. The number of aromatic nitrogens is 2. The van der Waals surface area contributed by atoms with Gasteiger partial charge in [0.25, 0.3) is 0 Å². The summed E-state index contributed by atoms with van der Waals surface area (Å²) in [5, 5.41) is 14.8. The summed E-state index contributed by atoms with van der Waals surface area (Å²) in [7, 11) is 0. The number of nitrogens with zero attached hydrogens (tertiary/aromatic N) is 2. The van der Waals surface area contributed by atoms with Gasteiger partial charge in [0.2, 0.25) is 0 Å². The van der Waals surface area contributed by atoms with E-state index in [-0.39, 0.29) is 5.41 Å². The van der Waals surface area contributed by atoms with Crippen molar-refractivity contribution >= 4 is 0 Å². The highest BCUT2D eigenvalue weighted by Gasteiger charge is 2.40. The van der Waals surface area contributed by atoms with Crippen molar-refractivity contribution in [3.8, 4) is 0 Å². The molecule has 3 N–H and O–H groups in total. The molecule has 0 aromatic carbocycles. The molecule has 96 valence electrons. The Morgan fingerprint density at radius 1 is 1.71 bits per heavy atom. The van der Waals surface area contributed by atoms with Gasteiger partial charge in [-0.1, -0.05) is 0 Å². The minimum atomic E-state index is -0.602. The second-order valence-electron chi connectivity index (χ2n) is 4.70. The van der Waals surface area contributed by atoms with Gasteiger partial charge in [0.05, 0.1) is 12.3 Å². The van der Waals surface area contributed by atoms with Gasteiger partial charge in [0, 0.05) is 31.3 Å². The van der Waals surface area contributed by atoms with E-state index in [9.17, 15) is 5.11 Å². The summed E-state index contributed by atoms with van der Waals surface area (Å²) < 4.78 is 7.32. The fraction of sp³-hybridized carbons (Fsp3) is 0.750. The molecule has 0 radical (unpaired) electrons. The standard InChI is InChI=1S/C12H21N3O2/c1-2-15-10(4-6-14-15)11(16)12(8-13)5-3-7-17-9-12/h4,6,11,16H,2-3,5,7-9,13H2,1H3. The Hall–Kier alpha value is -0.910. The van der Waals surface area contributed by atoms with Crippen LogP contribution in [-0.2, 0) is 11.3 Å². The van der Waals surface area contributed by atoms with Crippen LogP contribution >= 0.6 is 0 Å². The molecule has 0 aliphatic carbocycles. The van der Waals surface area contributed by atoms with Crippen LogP contribution in [0.4, 0.5) is 0 Å². The fourth-order valence-electron chi connectivity index (χ4n) is 2.52. The topological polar surface area (TPSA) is 73.3 Å². The Kier molecular flexibility index (Phi) is 3.81. The van der Waals surface area contributed by atoms with Gasteiger partial charge in [-0.25, -0.2) is 0 Å². The molecule has 5 heteroatoms. The molecular weight excluding hydrogens is 218 g/mol. The van der Waals surface area contributed by atoms with Crippen molar-refractivity contribution in [1.29, 1.82) is 0 Å². The Balaban J connectivity index is 2.24. The number of hydrogen-bond acceptors (Lipinski definition) is 4. The summed E-state index contributed by atoms with van der Waals surface area (Å²) >= 11 is 0. The zero-order chi connectivity index (χ0) is 12.3. The molecule has 1 aromatic heterocycles. The van der Waals surface area contributed by atoms with Crippen molar-refractivity contribution in [1.82, 2.24) is 9.78 Å². The maximum absolute atomic E-state index is 10.6. The van der Waals surface area contributed by atoms with E-state index >= 15 is 0 Å². The average molecular weight is 239 g/mol. The molecule has 1 aliphatic heterocycles. The number of ether oxygens (including phenoxy) is 1. The van der Waals surface area contributed by atoms with Crippen molar-refractivity contribution in [2.24, 2.45) is 11.1 Å². The first-order chi connectivity index (χ1) is 8.23. The molecule has 2 rings (SSSR count). The van der Waals surface area contributed by atoms with Crippen molar-refractivity contribution < 1.29 is 9.84 Å².